The van der Waals surface area contributed by atoms with Crippen LogP contribution in [0, 0.1) is 0 Å². The highest BCUT2D eigenvalue weighted by Gasteiger charge is 2.15. The van der Waals surface area contributed by atoms with Crippen LogP contribution in [0.15, 0.2) is 24.3 Å². The van der Waals surface area contributed by atoms with E-state index in [0.717, 1.165) is 23.4 Å². The highest BCUT2D eigenvalue weighted by molar-refractivity contribution is 8.06. The third kappa shape index (κ3) is 4.75. The normalized spacial score (nSPS) is 19.1. The molecule has 0 radical (unpaired) electrons. The number of hydrogen-bond acceptors (Lipinski definition) is 4. The molecule has 1 atom stereocenters. The Morgan fingerprint density at radius 2 is 2.11 bits per heavy atom. The first kappa shape index (κ1) is 14.8. The number of carbonyl (C=O) groups excluding carboxylic acids is 1. The average molecular weight is 296 g/mol. The lowest BCUT2D eigenvalue weighted by Gasteiger charge is -2.21. The molecule has 5 heteroatoms. The zero-order chi connectivity index (χ0) is 13.5. The Morgan fingerprint density at radius 3 is 2.79 bits per heavy atom. The predicted molar refractivity (Wildman–Crippen MR) is 84.6 cm³/mol. The third-order valence-corrected chi connectivity index (χ3v) is 5.95. The van der Waals surface area contributed by atoms with Crippen molar-refractivity contribution in [2.24, 2.45) is 5.73 Å². The van der Waals surface area contributed by atoms with Crippen LogP contribution in [0.5, 0.6) is 0 Å². The highest BCUT2D eigenvalue weighted by atomic mass is 32.2. The van der Waals surface area contributed by atoms with Gasteiger partial charge in [-0.2, -0.15) is 23.5 Å². The molecule has 0 spiro atoms. The van der Waals surface area contributed by atoms with E-state index in [1.807, 2.05) is 47.8 Å². The summed E-state index contributed by atoms with van der Waals surface area (Å²) in [4.78, 5) is 12.0. The second kappa shape index (κ2) is 7.82. The van der Waals surface area contributed by atoms with E-state index in [2.05, 4.69) is 5.32 Å². The molecule has 19 heavy (non-hydrogen) atoms. The van der Waals surface area contributed by atoms with Gasteiger partial charge in [0.25, 0.3) is 0 Å². The van der Waals surface area contributed by atoms with E-state index in [0.29, 0.717) is 18.2 Å². The molecule has 1 saturated heterocycles. The summed E-state index contributed by atoms with van der Waals surface area (Å²) in [5.74, 6) is 3.67. The topological polar surface area (TPSA) is 55.1 Å². The molecule has 1 heterocycles. The second-order valence-corrected chi connectivity index (χ2v) is 7.08. The average Bonchev–Trinajstić information content (AvgIpc) is 2.47. The fraction of sp³-hybridized carbons (Fsp3) is 0.500. The minimum absolute atomic E-state index is 0.0945. The van der Waals surface area contributed by atoms with E-state index in [1.54, 1.807) is 0 Å². The lowest BCUT2D eigenvalue weighted by Crippen LogP contribution is -2.34. The van der Waals surface area contributed by atoms with Crippen LogP contribution in [0.1, 0.15) is 11.1 Å². The molecular weight excluding hydrogens is 276 g/mol. The van der Waals surface area contributed by atoms with Crippen LogP contribution in [0.4, 0.5) is 0 Å². The summed E-state index contributed by atoms with van der Waals surface area (Å²) in [6, 6.07) is 7.87. The lowest BCUT2D eigenvalue weighted by atomic mass is 10.0. The Labute approximate surface area is 123 Å². The summed E-state index contributed by atoms with van der Waals surface area (Å²) in [7, 11) is 0. The molecular formula is C14H20N2OS2. The largest absolute Gasteiger partial charge is 0.355 e. The maximum Gasteiger partial charge on any atom is 0.224 e. The predicted octanol–water partition coefficient (Wildman–Crippen LogP) is 1.65. The maximum atomic E-state index is 12.0. The van der Waals surface area contributed by atoms with Crippen LogP contribution in [0.2, 0.25) is 0 Å². The number of carbonyl (C=O) groups is 1. The van der Waals surface area contributed by atoms with Gasteiger partial charge in [0, 0.05) is 35.6 Å². The van der Waals surface area contributed by atoms with Crippen molar-refractivity contribution >= 4 is 29.4 Å². The smallest absolute Gasteiger partial charge is 0.224 e. The SMILES string of the molecule is NCc1ccccc1CC(=O)NCC1CSCCS1. The van der Waals surface area contributed by atoms with Gasteiger partial charge in [0.1, 0.15) is 0 Å². The number of amides is 1. The van der Waals surface area contributed by atoms with Gasteiger partial charge in [0.2, 0.25) is 5.91 Å². The van der Waals surface area contributed by atoms with Crippen molar-refractivity contribution in [3.05, 3.63) is 35.4 Å². The maximum absolute atomic E-state index is 12.0. The monoisotopic (exact) mass is 296 g/mol. The van der Waals surface area contributed by atoms with Crippen LogP contribution in [-0.2, 0) is 17.8 Å². The molecule has 2 rings (SSSR count). The zero-order valence-electron chi connectivity index (χ0n) is 10.9. The summed E-state index contributed by atoms with van der Waals surface area (Å²) < 4.78 is 0. The quantitative estimate of drug-likeness (QED) is 0.867. The number of hydrogen-bond donors (Lipinski definition) is 2. The minimum Gasteiger partial charge on any atom is -0.355 e. The van der Waals surface area contributed by atoms with Crippen molar-refractivity contribution < 1.29 is 4.79 Å². The molecule has 0 bridgehead atoms. The molecule has 1 aromatic carbocycles. The molecule has 1 aliphatic rings. The molecule has 104 valence electrons. The fourth-order valence-corrected chi connectivity index (χ4v) is 4.66. The standard InChI is InChI=1S/C14H20N2OS2/c15-8-12-4-2-1-3-11(12)7-14(17)16-9-13-10-18-5-6-19-13/h1-4,13H,5-10,15H2,(H,16,17). The Balaban J connectivity index is 1.80. The van der Waals surface area contributed by atoms with E-state index >= 15 is 0 Å². The Kier molecular flexibility index (Phi) is 6.07. The van der Waals surface area contributed by atoms with Crippen LogP contribution in [0.25, 0.3) is 0 Å². The third-order valence-electron chi connectivity index (χ3n) is 3.10. The Bertz CT molecular complexity index is 420. The number of rotatable bonds is 5. The molecule has 0 aliphatic carbocycles. The van der Waals surface area contributed by atoms with E-state index in [1.165, 1.54) is 11.5 Å². The van der Waals surface area contributed by atoms with Gasteiger partial charge in [-0.25, -0.2) is 0 Å². The highest BCUT2D eigenvalue weighted by Crippen LogP contribution is 2.23. The van der Waals surface area contributed by atoms with Gasteiger partial charge in [-0.05, 0) is 11.1 Å². The summed E-state index contributed by atoms with van der Waals surface area (Å²) in [5, 5.41) is 3.60. The van der Waals surface area contributed by atoms with E-state index < -0.39 is 0 Å². The van der Waals surface area contributed by atoms with Gasteiger partial charge in [0.05, 0.1) is 6.42 Å². The molecule has 1 amide bonds. The van der Waals surface area contributed by atoms with Crippen molar-refractivity contribution in [2.75, 3.05) is 23.8 Å². The number of benzene rings is 1. The van der Waals surface area contributed by atoms with Gasteiger partial charge < -0.3 is 11.1 Å². The van der Waals surface area contributed by atoms with Gasteiger partial charge >= 0.3 is 0 Å². The zero-order valence-corrected chi connectivity index (χ0v) is 12.6. The first-order chi connectivity index (χ1) is 9.29. The number of nitrogens with one attached hydrogen (secondary N) is 1. The van der Waals surface area contributed by atoms with Crippen molar-refractivity contribution in [1.82, 2.24) is 5.32 Å². The van der Waals surface area contributed by atoms with Crippen molar-refractivity contribution in [3.63, 3.8) is 0 Å². The first-order valence-electron chi connectivity index (χ1n) is 6.52. The van der Waals surface area contributed by atoms with Gasteiger partial charge in [-0.3, -0.25) is 4.79 Å². The van der Waals surface area contributed by atoms with Crippen LogP contribution in [-0.4, -0.2) is 35.0 Å². The van der Waals surface area contributed by atoms with Crippen molar-refractivity contribution in [2.45, 2.75) is 18.2 Å². The summed E-state index contributed by atoms with van der Waals surface area (Å²) in [6.07, 6.45) is 0.428. The second-order valence-electron chi connectivity index (χ2n) is 4.52. The van der Waals surface area contributed by atoms with Gasteiger partial charge in [0.15, 0.2) is 0 Å². The fourth-order valence-electron chi connectivity index (χ4n) is 2.05. The Morgan fingerprint density at radius 1 is 1.32 bits per heavy atom. The molecule has 3 N–H and O–H groups in total. The molecule has 1 unspecified atom stereocenters. The van der Waals surface area contributed by atoms with E-state index in [4.69, 9.17) is 5.73 Å². The van der Waals surface area contributed by atoms with Gasteiger partial charge in [-0.1, -0.05) is 24.3 Å². The molecule has 1 aromatic rings. The van der Waals surface area contributed by atoms with E-state index in [9.17, 15) is 4.79 Å². The van der Waals surface area contributed by atoms with E-state index in [-0.39, 0.29) is 5.91 Å². The van der Waals surface area contributed by atoms with Crippen molar-refractivity contribution in [1.29, 1.82) is 0 Å². The van der Waals surface area contributed by atoms with Crippen LogP contribution >= 0.6 is 23.5 Å². The lowest BCUT2D eigenvalue weighted by molar-refractivity contribution is -0.120. The summed E-state index contributed by atoms with van der Waals surface area (Å²) in [6.45, 7) is 1.26. The minimum atomic E-state index is 0.0945. The van der Waals surface area contributed by atoms with Crippen LogP contribution in [0.3, 0.4) is 0 Å². The molecule has 0 aromatic heterocycles. The number of thioether (sulfide) groups is 2. The Hall–Kier alpha value is -0.650. The van der Waals surface area contributed by atoms with Gasteiger partial charge in [-0.15, -0.1) is 0 Å². The number of nitrogens with two attached hydrogens (primary N) is 1. The first-order valence-corrected chi connectivity index (χ1v) is 8.73. The molecule has 3 nitrogen and oxygen atoms in total. The molecule has 1 fully saturated rings. The van der Waals surface area contributed by atoms with Crippen molar-refractivity contribution in [3.8, 4) is 0 Å². The molecule has 1 aliphatic heterocycles. The molecule has 0 saturated carbocycles. The summed E-state index contributed by atoms with van der Waals surface area (Å²) >= 11 is 3.94. The van der Waals surface area contributed by atoms with Crippen LogP contribution < -0.4 is 11.1 Å². The summed E-state index contributed by atoms with van der Waals surface area (Å²) in [5.41, 5.74) is 7.77.